The standard InChI is InChI=1S/C16H29N5S/c1-13(2)14-12-22-15(20-14)11-19-16(17-3)18-7-6-10-21-8-4-5-9-21/h12-13H,4-11H2,1-3H3,(H2,17,18,19). The van der Waals surface area contributed by atoms with Gasteiger partial charge in [-0.1, -0.05) is 13.8 Å². The molecule has 1 saturated heterocycles. The number of rotatable bonds is 7. The average molecular weight is 324 g/mol. The third-order valence-electron chi connectivity index (χ3n) is 3.93. The van der Waals surface area contributed by atoms with Crippen LogP contribution >= 0.6 is 11.3 Å². The van der Waals surface area contributed by atoms with E-state index >= 15 is 0 Å². The number of aliphatic imine (C=N–C) groups is 1. The molecule has 2 rings (SSSR count). The first kappa shape index (κ1) is 17.2. The summed E-state index contributed by atoms with van der Waals surface area (Å²) in [4.78, 5) is 11.4. The van der Waals surface area contributed by atoms with Crippen molar-refractivity contribution in [1.82, 2.24) is 20.5 Å². The van der Waals surface area contributed by atoms with E-state index in [4.69, 9.17) is 0 Å². The molecule has 22 heavy (non-hydrogen) atoms. The van der Waals surface area contributed by atoms with Gasteiger partial charge in [-0.15, -0.1) is 11.3 Å². The Hall–Kier alpha value is -1.14. The quantitative estimate of drug-likeness (QED) is 0.460. The molecule has 0 spiro atoms. The molecule has 0 radical (unpaired) electrons. The smallest absolute Gasteiger partial charge is 0.191 e. The van der Waals surface area contributed by atoms with Gasteiger partial charge in [0.15, 0.2) is 5.96 Å². The van der Waals surface area contributed by atoms with E-state index in [9.17, 15) is 0 Å². The van der Waals surface area contributed by atoms with Crippen molar-refractivity contribution in [2.75, 3.05) is 33.2 Å². The highest BCUT2D eigenvalue weighted by Gasteiger charge is 2.10. The zero-order chi connectivity index (χ0) is 15.8. The van der Waals surface area contributed by atoms with Gasteiger partial charge in [-0.05, 0) is 44.8 Å². The number of thiazole rings is 1. The van der Waals surface area contributed by atoms with E-state index in [2.05, 4.69) is 44.7 Å². The Morgan fingerprint density at radius 1 is 1.36 bits per heavy atom. The Balaban J connectivity index is 1.63. The van der Waals surface area contributed by atoms with Crippen molar-refractivity contribution < 1.29 is 0 Å². The van der Waals surface area contributed by atoms with Crippen LogP contribution in [0.5, 0.6) is 0 Å². The highest BCUT2D eigenvalue weighted by molar-refractivity contribution is 7.09. The molecule has 0 saturated carbocycles. The zero-order valence-electron chi connectivity index (χ0n) is 14.1. The van der Waals surface area contributed by atoms with Gasteiger partial charge in [0.05, 0.1) is 12.2 Å². The first-order valence-corrected chi connectivity index (χ1v) is 9.18. The lowest BCUT2D eigenvalue weighted by molar-refractivity contribution is 0.334. The molecule has 1 aromatic heterocycles. The molecule has 0 unspecified atom stereocenters. The van der Waals surface area contributed by atoms with Gasteiger partial charge in [-0.3, -0.25) is 4.99 Å². The van der Waals surface area contributed by atoms with E-state index < -0.39 is 0 Å². The van der Waals surface area contributed by atoms with Crippen molar-refractivity contribution in [3.63, 3.8) is 0 Å². The SMILES string of the molecule is CN=C(NCCCN1CCCC1)NCc1nc(C(C)C)cs1. The van der Waals surface area contributed by atoms with Crippen LogP contribution in [-0.4, -0.2) is 49.1 Å². The molecule has 0 aromatic carbocycles. The number of likely N-dealkylation sites (tertiary alicyclic amines) is 1. The maximum absolute atomic E-state index is 4.63. The summed E-state index contributed by atoms with van der Waals surface area (Å²) in [5.41, 5.74) is 1.18. The van der Waals surface area contributed by atoms with Crippen LogP contribution in [-0.2, 0) is 6.54 Å². The van der Waals surface area contributed by atoms with Crippen molar-refractivity contribution >= 4 is 17.3 Å². The van der Waals surface area contributed by atoms with Crippen molar-refractivity contribution in [3.05, 3.63) is 16.1 Å². The predicted octanol–water partition coefficient (Wildman–Crippen LogP) is 2.42. The molecule has 0 atom stereocenters. The van der Waals surface area contributed by atoms with Crippen molar-refractivity contribution in [3.8, 4) is 0 Å². The van der Waals surface area contributed by atoms with Gasteiger partial charge in [-0.2, -0.15) is 0 Å². The average Bonchev–Trinajstić information content (AvgIpc) is 3.18. The topological polar surface area (TPSA) is 52.6 Å². The second-order valence-corrected chi connectivity index (χ2v) is 7.02. The molecule has 5 nitrogen and oxygen atoms in total. The molecule has 1 aliphatic rings. The van der Waals surface area contributed by atoms with Crippen LogP contribution in [0, 0.1) is 0 Å². The molecular weight excluding hydrogens is 294 g/mol. The van der Waals surface area contributed by atoms with Crippen molar-refractivity contribution in [1.29, 1.82) is 0 Å². The van der Waals surface area contributed by atoms with E-state index in [1.165, 1.54) is 38.2 Å². The summed E-state index contributed by atoms with van der Waals surface area (Å²) in [7, 11) is 1.82. The van der Waals surface area contributed by atoms with Gasteiger partial charge in [0, 0.05) is 19.0 Å². The largest absolute Gasteiger partial charge is 0.356 e. The molecule has 0 bridgehead atoms. The Morgan fingerprint density at radius 3 is 2.77 bits per heavy atom. The second kappa shape index (κ2) is 9.10. The third-order valence-corrected chi connectivity index (χ3v) is 4.80. The van der Waals surface area contributed by atoms with Crippen LogP contribution in [0.2, 0.25) is 0 Å². The van der Waals surface area contributed by atoms with Gasteiger partial charge in [-0.25, -0.2) is 4.98 Å². The highest BCUT2D eigenvalue weighted by Crippen LogP contribution is 2.17. The molecule has 2 N–H and O–H groups in total. The maximum Gasteiger partial charge on any atom is 0.191 e. The van der Waals surface area contributed by atoms with Crippen LogP contribution < -0.4 is 10.6 Å². The summed E-state index contributed by atoms with van der Waals surface area (Å²) >= 11 is 1.71. The number of nitrogens with one attached hydrogen (secondary N) is 2. The van der Waals surface area contributed by atoms with Gasteiger partial charge < -0.3 is 15.5 Å². The maximum atomic E-state index is 4.63. The molecule has 1 aromatic rings. The summed E-state index contributed by atoms with van der Waals surface area (Å²) in [6, 6.07) is 0. The first-order valence-electron chi connectivity index (χ1n) is 8.30. The van der Waals surface area contributed by atoms with Crippen molar-refractivity contribution in [2.45, 2.75) is 45.6 Å². The molecule has 124 valence electrons. The molecule has 6 heteroatoms. The molecule has 2 heterocycles. The minimum atomic E-state index is 0.494. The molecular formula is C16H29N5S. The van der Waals surface area contributed by atoms with E-state index in [-0.39, 0.29) is 0 Å². The number of hydrogen-bond acceptors (Lipinski definition) is 4. The van der Waals surface area contributed by atoms with Crippen LogP contribution in [0.25, 0.3) is 0 Å². The molecule has 1 aliphatic heterocycles. The Morgan fingerprint density at radius 2 is 2.14 bits per heavy atom. The van der Waals surface area contributed by atoms with Crippen LogP contribution in [0.15, 0.2) is 10.4 Å². The highest BCUT2D eigenvalue weighted by atomic mass is 32.1. The summed E-state index contributed by atoms with van der Waals surface area (Å²) in [6.07, 6.45) is 3.89. The second-order valence-electron chi connectivity index (χ2n) is 6.08. The minimum absolute atomic E-state index is 0.494. The molecule has 0 amide bonds. The number of hydrogen-bond donors (Lipinski definition) is 2. The Kier molecular flexibility index (Phi) is 7.12. The summed E-state index contributed by atoms with van der Waals surface area (Å²) in [6.45, 7) is 9.79. The van der Waals surface area contributed by atoms with Gasteiger partial charge in [0.2, 0.25) is 0 Å². The Labute approximate surface area is 138 Å². The van der Waals surface area contributed by atoms with E-state index in [1.54, 1.807) is 11.3 Å². The fourth-order valence-electron chi connectivity index (χ4n) is 2.57. The van der Waals surface area contributed by atoms with Gasteiger partial charge in [0.1, 0.15) is 5.01 Å². The Bertz CT molecular complexity index is 463. The number of nitrogens with zero attached hydrogens (tertiary/aromatic N) is 3. The van der Waals surface area contributed by atoms with Crippen LogP contribution in [0.3, 0.4) is 0 Å². The van der Waals surface area contributed by atoms with Gasteiger partial charge in [0.25, 0.3) is 0 Å². The van der Waals surface area contributed by atoms with Crippen LogP contribution in [0.4, 0.5) is 0 Å². The third kappa shape index (κ3) is 5.57. The zero-order valence-corrected chi connectivity index (χ0v) is 14.9. The number of aromatic nitrogens is 1. The normalized spacial score (nSPS) is 16.5. The number of guanidine groups is 1. The predicted molar refractivity (Wildman–Crippen MR) is 94.7 cm³/mol. The molecule has 1 fully saturated rings. The van der Waals surface area contributed by atoms with Gasteiger partial charge >= 0.3 is 0 Å². The summed E-state index contributed by atoms with van der Waals surface area (Å²) in [5, 5.41) is 9.98. The molecule has 0 aliphatic carbocycles. The van der Waals surface area contributed by atoms with E-state index in [0.717, 1.165) is 30.5 Å². The fraction of sp³-hybridized carbons (Fsp3) is 0.750. The minimum Gasteiger partial charge on any atom is -0.356 e. The lowest BCUT2D eigenvalue weighted by atomic mass is 10.2. The van der Waals surface area contributed by atoms with Crippen LogP contribution in [0.1, 0.15) is 49.7 Å². The fourth-order valence-corrected chi connectivity index (χ4v) is 3.46. The first-order chi connectivity index (χ1) is 10.7. The summed E-state index contributed by atoms with van der Waals surface area (Å²) < 4.78 is 0. The lowest BCUT2D eigenvalue weighted by Crippen LogP contribution is -2.38. The lowest BCUT2D eigenvalue weighted by Gasteiger charge is -2.15. The summed E-state index contributed by atoms with van der Waals surface area (Å²) in [5.74, 6) is 1.36. The van der Waals surface area contributed by atoms with Crippen molar-refractivity contribution in [2.24, 2.45) is 4.99 Å². The monoisotopic (exact) mass is 323 g/mol. The van der Waals surface area contributed by atoms with E-state index in [1.807, 2.05) is 7.05 Å². The van der Waals surface area contributed by atoms with E-state index in [0.29, 0.717) is 5.92 Å².